The second kappa shape index (κ2) is 8.70. The highest BCUT2D eigenvalue weighted by atomic mass is 32.1. The number of nitrogens with zero attached hydrogens (tertiary/aromatic N) is 3. The monoisotopic (exact) mass is 377 g/mol. The molecule has 2 aromatic rings. The molecule has 7 heteroatoms. The van der Waals surface area contributed by atoms with Crippen LogP contribution in [-0.4, -0.2) is 60.1 Å². The largest absolute Gasteiger partial charge is 0.492 e. The smallest absolute Gasteiger partial charge is 0.199 e. The Morgan fingerprint density at radius 1 is 1.23 bits per heavy atom. The third-order valence-corrected chi connectivity index (χ3v) is 5.34. The molecule has 1 aliphatic heterocycles. The van der Waals surface area contributed by atoms with Crippen LogP contribution in [0.15, 0.2) is 29.8 Å². The molecule has 1 fully saturated rings. The molecule has 1 aromatic carbocycles. The lowest BCUT2D eigenvalue weighted by atomic mass is 10.2. The highest BCUT2D eigenvalue weighted by molar-refractivity contribution is 7.11. The molecule has 2 heterocycles. The molecule has 3 rings (SSSR count). The van der Waals surface area contributed by atoms with Crippen LogP contribution >= 0.6 is 11.3 Å². The number of aliphatic hydroxyl groups is 1. The van der Waals surface area contributed by atoms with Gasteiger partial charge in [0.25, 0.3) is 0 Å². The second-order valence-electron chi connectivity index (χ2n) is 6.40. The molecule has 1 saturated heterocycles. The molecule has 0 amide bonds. The highest BCUT2D eigenvalue weighted by Gasteiger charge is 2.30. The van der Waals surface area contributed by atoms with E-state index in [0.29, 0.717) is 6.61 Å². The normalized spacial score (nSPS) is 17.8. The maximum absolute atomic E-state index is 10.2. The zero-order valence-electron chi connectivity index (χ0n) is 15.6. The summed E-state index contributed by atoms with van der Waals surface area (Å²) < 4.78 is 11.8. The van der Waals surface area contributed by atoms with Crippen molar-refractivity contribution in [2.45, 2.75) is 33.1 Å². The summed E-state index contributed by atoms with van der Waals surface area (Å²) in [6.07, 6.45) is -0.947. The van der Waals surface area contributed by atoms with Crippen molar-refractivity contribution in [2.75, 3.05) is 37.7 Å². The number of benzene rings is 1. The Bertz CT molecular complexity index is 699. The number of thiazole rings is 1. The number of hydrogen-bond acceptors (Lipinski definition) is 7. The Morgan fingerprint density at radius 3 is 2.58 bits per heavy atom. The van der Waals surface area contributed by atoms with Gasteiger partial charge in [-0.15, -0.1) is 0 Å². The van der Waals surface area contributed by atoms with Crippen LogP contribution in [0, 0.1) is 6.92 Å². The first-order valence-corrected chi connectivity index (χ1v) is 9.93. The Morgan fingerprint density at radius 2 is 1.96 bits per heavy atom. The lowest BCUT2D eigenvalue weighted by molar-refractivity contribution is -0.0586. The Labute approximate surface area is 159 Å². The fourth-order valence-electron chi connectivity index (χ4n) is 3.21. The van der Waals surface area contributed by atoms with Crippen molar-refractivity contribution < 1.29 is 14.6 Å². The molecule has 0 saturated carbocycles. The molecule has 0 aliphatic carbocycles. The van der Waals surface area contributed by atoms with Crippen LogP contribution in [0.4, 0.5) is 5.69 Å². The average Bonchev–Trinajstić information content (AvgIpc) is 3.05. The van der Waals surface area contributed by atoms with Gasteiger partial charge in [0.05, 0.1) is 23.5 Å². The fraction of sp³-hybridized carbons (Fsp3) is 0.526. The number of para-hydroxylation sites is 2. The lowest BCUT2D eigenvalue weighted by Crippen LogP contribution is -2.55. The van der Waals surface area contributed by atoms with Gasteiger partial charge in [0.15, 0.2) is 11.3 Å². The van der Waals surface area contributed by atoms with Crippen LogP contribution in [0.5, 0.6) is 10.8 Å². The molecule has 6 nitrogen and oxygen atoms in total. The van der Waals surface area contributed by atoms with Crippen LogP contribution in [0.1, 0.15) is 19.5 Å². The minimum atomic E-state index is -0.584. The van der Waals surface area contributed by atoms with Gasteiger partial charge in [-0.3, -0.25) is 4.90 Å². The van der Waals surface area contributed by atoms with Gasteiger partial charge in [-0.05, 0) is 32.9 Å². The predicted octanol–water partition coefficient (Wildman–Crippen LogP) is 2.76. The van der Waals surface area contributed by atoms with E-state index in [2.05, 4.69) is 20.9 Å². The molecule has 2 atom stereocenters. The summed E-state index contributed by atoms with van der Waals surface area (Å²) in [6.45, 7) is 9.70. The topological polar surface area (TPSA) is 58.1 Å². The lowest BCUT2D eigenvalue weighted by Gasteiger charge is -2.41. The van der Waals surface area contributed by atoms with Gasteiger partial charge < -0.3 is 19.5 Å². The van der Waals surface area contributed by atoms with Crippen molar-refractivity contribution in [3.05, 3.63) is 35.5 Å². The van der Waals surface area contributed by atoms with Gasteiger partial charge >= 0.3 is 0 Å². The van der Waals surface area contributed by atoms with Crippen LogP contribution in [0.2, 0.25) is 0 Å². The van der Waals surface area contributed by atoms with E-state index < -0.39 is 6.10 Å². The maximum atomic E-state index is 10.2. The van der Waals surface area contributed by atoms with E-state index in [1.807, 2.05) is 32.0 Å². The van der Waals surface area contributed by atoms with Crippen LogP contribution in [-0.2, 0) is 0 Å². The van der Waals surface area contributed by atoms with Crippen molar-refractivity contribution in [2.24, 2.45) is 0 Å². The molecule has 0 bridgehead atoms. The predicted molar refractivity (Wildman–Crippen MR) is 104 cm³/mol. The molecule has 1 aromatic heterocycles. The van der Waals surface area contributed by atoms with Gasteiger partial charge in [0, 0.05) is 26.2 Å². The highest BCUT2D eigenvalue weighted by Crippen LogP contribution is 2.30. The summed E-state index contributed by atoms with van der Waals surface area (Å²) in [5.41, 5.74) is 3.76. The summed E-state index contributed by atoms with van der Waals surface area (Å²) in [5, 5.41) is 11.0. The zero-order valence-corrected chi connectivity index (χ0v) is 16.4. The van der Waals surface area contributed by atoms with Crippen LogP contribution < -0.4 is 14.4 Å². The van der Waals surface area contributed by atoms with E-state index in [9.17, 15) is 5.11 Å². The molecule has 2 unspecified atom stereocenters. The third-order valence-electron chi connectivity index (χ3n) is 4.52. The first-order valence-electron chi connectivity index (χ1n) is 9.05. The number of rotatable bonds is 7. The van der Waals surface area contributed by atoms with E-state index in [-0.39, 0.29) is 6.23 Å². The van der Waals surface area contributed by atoms with Gasteiger partial charge in [0.1, 0.15) is 11.9 Å². The SMILES string of the molecule is CCOc1ccccc1N1CCN(C(Oc2scnc2C)C(C)O)CC1. The fourth-order valence-corrected chi connectivity index (χ4v) is 3.89. The van der Waals surface area contributed by atoms with E-state index >= 15 is 0 Å². The summed E-state index contributed by atoms with van der Waals surface area (Å²) in [6, 6.07) is 8.15. The quantitative estimate of drug-likeness (QED) is 0.801. The third kappa shape index (κ3) is 4.28. The molecule has 0 radical (unpaired) electrons. The van der Waals surface area contributed by atoms with Crippen molar-refractivity contribution in [3.8, 4) is 10.8 Å². The van der Waals surface area contributed by atoms with E-state index in [0.717, 1.165) is 48.4 Å². The number of piperazine rings is 1. The molecule has 1 aliphatic rings. The second-order valence-corrected chi connectivity index (χ2v) is 7.22. The molecule has 26 heavy (non-hydrogen) atoms. The molecule has 1 N–H and O–H groups in total. The van der Waals surface area contributed by atoms with Crippen molar-refractivity contribution in [3.63, 3.8) is 0 Å². The number of anilines is 1. The van der Waals surface area contributed by atoms with Gasteiger partial charge in [-0.2, -0.15) is 0 Å². The van der Waals surface area contributed by atoms with E-state index in [1.54, 1.807) is 12.4 Å². The standard InChI is InChI=1S/C19H27N3O3S/c1-4-24-17-8-6-5-7-16(17)21-9-11-22(12-10-21)18(15(3)23)25-19-14(2)20-13-26-19/h5-8,13,15,18,23H,4,9-12H2,1-3H3. The average molecular weight is 378 g/mol. The van der Waals surface area contributed by atoms with Crippen molar-refractivity contribution in [1.29, 1.82) is 0 Å². The first-order chi connectivity index (χ1) is 12.6. The Kier molecular flexibility index (Phi) is 6.34. The molecule has 0 spiro atoms. The number of aryl methyl sites for hydroxylation is 1. The van der Waals surface area contributed by atoms with Crippen LogP contribution in [0.3, 0.4) is 0 Å². The molecule has 142 valence electrons. The number of ether oxygens (including phenoxy) is 2. The van der Waals surface area contributed by atoms with Crippen molar-refractivity contribution >= 4 is 17.0 Å². The number of aromatic nitrogens is 1. The molecular weight excluding hydrogens is 350 g/mol. The molecular formula is C19H27N3O3S. The van der Waals surface area contributed by atoms with Crippen LogP contribution in [0.25, 0.3) is 0 Å². The summed E-state index contributed by atoms with van der Waals surface area (Å²) >= 11 is 1.47. The minimum Gasteiger partial charge on any atom is -0.492 e. The van der Waals surface area contributed by atoms with Crippen molar-refractivity contribution in [1.82, 2.24) is 9.88 Å². The van der Waals surface area contributed by atoms with Gasteiger partial charge in [-0.25, -0.2) is 4.98 Å². The Hall–Kier alpha value is -1.83. The summed E-state index contributed by atoms with van der Waals surface area (Å²) in [4.78, 5) is 8.75. The number of aliphatic hydroxyl groups excluding tert-OH is 1. The summed E-state index contributed by atoms with van der Waals surface area (Å²) in [5.74, 6) is 0.923. The Balaban J connectivity index is 1.66. The van der Waals surface area contributed by atoms with Gasteiger partial charge in [0.2, 0.25) is 0 Å². The summed E-state index contributed by atoms with van der Waals surface area (Å²) in [7, 11) is 0. The minimum absolute atomic E-state index is 0.363. The van der Waals surface area contributed by atoms with Gasteiger partial charge in [-0.1, -0.05) is 23.5 Å². The van der Waals surface area contributed by atoms with E-state index in [4.69, 9.17) is 9.47 Å². The zero-order chi connectivity index (χ0) is 18.5. The number of hydrogen-bond donors (Lipinski definition) is 1. The van der Waals surface area contributed by atoms with E-state index in [1.165, 1.54) is 11.3 Å². The maximum Gasteiger partial charge on any atom is 0.199 e. The first kappa shape index (κ1) is 18.9.